The lowest BCUT2D eigenvalue weighted by atomic mass is 10.4. The van der Waals surface area contributed by atoms with Crippen LogP contribution < -0.4 is 5.73 Å². The van der Waals surface area contributed by atoms with Gasteiger partial charge in [-0.2, -0.15) is 0 Å². The van der Waals surface area contributed by atoms with Crippen LogP contribution in [0.15, 0.2) is 0 Å². The van der Waals surface area contributed by atoms with Gasteiger partial charge >= 0.3 is 0 Å². The average molecular weight is 133 g/mol. The van der Waals surface area contributed by atoms with Gasteiger partial charge in [-0.05, 0) is 20.8 Å². The molecule has 0 amide bonds. The lowest BCUT2D eigenvalue weighted by molar-refractivity contribution is -0.174. The van der Waals surface area contributed by atoms with Crippen LogP contribution in [-0.2, 0) is 4.84 Å². The highest BCUT2D eigenvalue weighted by molar-refractivity contribution is 4.50. The van der Waals surface area contributed by atoms with Crippen LogP contribution in [-0.4, -0.2) is 17.5 Å². The molecule has 9 heavy (non-hydrogen) atoms. The quantitative estimate of drug-likeness (QED) is 0.448. The summed E-state index contributed by atoms with van der Waals surface area (Å²) in [6.07, 6.45) is -0.523. The van der Waals surface area contributed by atoms with Crippen LogP contribution in [0.3, 0.4) is 0 Å². The molecule has 4 heteroatoms. The Bertz CT molecular complexity index is 75.4. The van der Waals surface area contributed by atoms with Gasteiger partial charge in [0.05, 0.1) is 0 Å². The Morgan fingerprint density at radius 1 is 1.44 bits per heavy atom. The van der Waals surface area contributed by atoms with E-state index in [0.29, 0.717) is 5.23 Å². The molecule has 0 saturated heterocycles. The molecule has 0 aromatic carbocycles. The van der Waals surface area contributed by atoms with Crippen molar-refractivity contribution in [3.63, 3.8) is 0 Å². The van der Waals surface area contributed by atoms with Gasteiger partial charge in [0.2, 0.25) is 0 Å². The van der Waals surface area contributed by atoms with E-state index in [1.165, 1.54) is 0 Å². The normalized spacial score (nSPS) is 15.0. The van der Waals surface area contributed by atoms with E-state index in [0.717, 1.165) is 0 Å². The summed E-state index contributed by atoms with van der Waals surface area (Å²) in [5.74, 6) is 0. The third-order valence-electron chi connectivity index (χ3n) is 0.692. The Morgan fingerprint density at radius 3 is 2.00 bits per heavy atom. The van der Waals surface area contributed by atoms with E-state index in [1.54, 1.807) is 20.8 Å². The molecule has 2 N–H and O–H groups in total. The molecule has 0 spiro atoms. The third-order valence-corrected chi connectivity index (χ3v) is 0.692. The third kappa shape index (κ3) is 4.35. The topological polar surface area (TPSA) is 61.5 Å². The first-order chi connectivity index (χ1) is 4.04. The van der Waals surface area contributed by atoms with Crippen LogP contribution in [0.4, 0.5) is 0 Å². The SMILES string of the molecule is CC(N)ON([O-])C(C)C. The van der Waals surface area contributed by atoms with Gasteiger partial charge in [-0.1, -0.05) is 0 Å². The molecule has 56 valence electrons. The van der Waals surface area contributed by atoms with Gasteiger partial charge in [-0.3, -0.25) is 10.1 Å². The predicted octanol–water partition coefficient (Wildman–Crippen LogP) is 0.431. The zero-order chi connectivity index (χ0) is 7.44. The molecule has 0 rings (SSSR count). The second-order valence-electron chi connectivity index (χ2n) is 2.19. The van der Waals surface area contributed by atoms with Crippen molar-refractivity contribution in [3.05, 3.63) is 5.21 Å². The van der Waals surface area contributed by atoms with Crippen molar-refractivity contribution < 1.29 is 4.84 Å². The summed E-state index contributed by atoms with van der Waals surface area (Å²) in [4.78, 5) is 4.57. The summed E-state index contributed by atoms with van der Waals surface area (Å²) >= 11 is 0. The number of hydrogen-bond donors (Lipinski definition) is 1. The van der Waals surface area contributed by atoms with Gasteiger partial charge in [-0.15, -0.1) is 0 Å². The van der Waals surface area contributed by atoms with Gasteiger partial charge in [0.25, 0.3) is 0 Å². The molecule has 0 bridgehead atoms. The lowest BCUT2D eigenvalue weighted by Crippen LogP contribution is -2.33. The second kappa shape index (κ2) is 3.79. The standard InChI is InChI=1S/C5H13N2O2/c1-4(2)7(8)9-5(3)6/h4-5H,6H2,1-3H3/q-1. The maximum atomic E-state index is 10.6. The van der Waals surface area contributed by atoms with Gasteiger partial charge in [0, 0.05) is 6.04 Å². The minimum absolute atomic E-state index is 0.170. The molecule has 0 aromatic rings. The molecule has 4 nitrogen and oxygen atoms in total. The maximum absolute atomic E-state index is 10.6. The Morgan fingerprint density at radius 2 is 1.89 bits per heavy atom. The molecule has 0 fully saturated rings. The Balaban J connectivity index is 3.38. The number of rotatable bonds is 3. The monoisotopic (exact) mass is 133 g/mol. The van der Waals surface area contributed by atoms with Crippen LogP contribution in [0, 0.1) is 5.21 Å². The molecule has 0 aliphatic carbocycles. The molecular weight excluding hydrogens is 120 g/mol. The zero-order valence-corrected chi connectivity index (χ0v) is 6.00. The lowest BCUT2D eigenvalue weighted by Gasteiger charge is -2.32. The van der Waals surface area contributed by atoms with Crippen LogP contribution in [0.1, 0.15) is 20.8 Å². The summed E-state index contributed by atoms with van der Waals surface area (Å²) in [6, 6.07) is -0.170. The van der Waals surface area contributed by atoms with E-state index < -0.39 is 6.23 Å². The first kappa shape index (κ1) is 8.84. The highest BCUT2D eigenvalue weighted by atomic mass is 16.9. The van der Waals surface area contributed by atoms with Gasteiger partial charge in [0.15, 0.2) is 0 Å². The Labute approximate surface area is 55.1 Å². The van der Waals surface area contributed by atoms with Gasteiger partial charge in [-0.25, -0.2) is 0 Å². The van der Waals surface area contributed by atoms with E-state index in [4.69, 9.17) is 5.73 Å². The van der Waals surface area contributed by atoms with Crippen molar-refractivity contribution in [1.82, 2.24) is 5.23 Å². The van der Waals surface area contributed by atoms with Crippen molar-refractivity contribution in [2.45, 2.75) is 33.0 Å². The molecule has 0 heterocycles. The minimum Gasteiger partial charge on any atom is -0.762 e. The molecule has 1 atom stereocenters. The summed E-state index contributed by atoms with van der Waals surface area (Å²) < 4.78 is 0. The van der Waals surface area contributed by atoms with E-state index in [-0.39, 0.29) is 6.04 Å². The minimum atomic E-state index is -0.523. The molecule has 0 aliphatic heterocycles. The smallest absolute Gasteiger partial charge is 0.123 e. The van der Waals surface area contributed by atoms with Crippen molar-refractivity contribution in [2.24, 2.45) is 5.73 Å². The van der Waals surface area contributed by atoms with Crippen molar-refractivity contribution >= 4 is 0 Å². The summed E-state index contributed by atoms with van der Waals surface area (Å²) in [7, 11) is 0. The average Bonchev–Trinajstić information content (AvgIpc) is 1.63. The summed E-state index contributed by atoms with van der Waals surface area (Å²) in [5, 5.41) is 11.1. The number of nitrogens with two attached hydrogens (primary N) is 1. The van der Waals surface area contributed by atoms with Crippen molar-refractivity contribution in [1.29, 1.82) is 0 Å². The van der Waals surface area contributed by atoms with Gasteiger partial charge in [0.1, 0.15) is 6.23 Å². The molecule has 0 aromatic heterocycles. The van der Waals surface area contributed by atoms with Crippen LogP contribution >= 0.6 is 0 Å². The highest BCUT2D eigenvalue weighted by Gasteiger charge is 1.98. The van der Waals surface area contributed by atoms with E-state index >= 15 is 0 Å². The predicted molar refractivity (Wildman–Crippen MR) is 35.1 cm³/mol. The first-order valence-electron chi connectivity index (χ1n) is 2.92. The van der Waals surface area contributed by atoms with Crippen LogP contribution in [0.5, 0.6) is 0 Å². The zero-order valence-electron chi connectivity index (χ0n) is 6.00. The highest BCUT2D eigenvalue weighted by Crippen LogP contribution is 1.96. The molecule has 0 aliphatic rings. The fraction of sp³-hybridized carbons (Fsp3) is 1.00. The van der Waals surface area contributed by atoms with Crippen LogP contribution in [0.25, 0.3) is 0 Å². The maximum Gasteiger partial charge on any atom is 0.123 e. The van der Waals surface area contributed by atoms with E-state index in [9.17, 15) is 5.21 Å². The number of hydrogen-bond acceptors (Lipinski definition) is 4. The second-order valence-corrected chi connectivity index (χ2v) is 2.19. The molecule has 1 unspecified atom stereocenters. The fourth-order valence-electron chi connectivity index (χ4n) is 0.286. The van der Waals surface area contributed by atoms with E-state index in [2.05, 4.69) is 4.84 Å². The van der Waals surface area contributed by atoms with E-state index in [1.807, 2.05) is 0 Å². The van der Waals surface area contributed by atoms with Crippen molar-refractivity contribution in [2.75, 3.05) is 0 Å². The Hall–Kier alpha value is -0.160. The van der Waals surface area contributed by atoms with Crippen LogP contribution in [0.2, 0.25) is 0 Å². The molecular formula is C5H13N2O2-. The van der Waals surface area contributed by atoms with Gasteiger partial charge < -0.3 is 10.9 Å². The van der Waals surface area contributed by atoms with Crippen molar-refractivity contribution in [3.8, 4) is 0 Å². The summed E-state index contributed by atoms with van der Waals surface area (Å²) in [6.45, 7) is 5.07. The fourth-order valence-corrected chi connectivity index (χ4v) is 0.286. The summed E-state index contributed by atoms with van der Waals surface area (Å²) in [5.41, 5.74) is 5.17. The largest absolute Gasteiger partial charge is 0.762 e. The Kier molecular flexibility index (Phi) is 3.72. The molecule has 0 saturated carbocycles. The first-order valence-corrected chi connectivity index (χ1v) is 2.92. The number of hydroxylamine groups is 2. The molecule has 0 radical (unpaired) electrons. The number of nitrogens with zero attached hydrogens (tertiary/aromatic N) is 1.